The number of rotatable bonds is 5. The molecule has 54 heavy (non-hydrogen) atoms. The number of hydrogen-bond donors (Lipinski definition) is 0. The molecule has 7 aromatic carbocycles. The van der Waals surface area contributed by atoms with E-state index >= 15 is 0 Å². The molecule has 11 aromatic rings. The zero-order chi connectivity index (χ0) is 35.6. The van der Waals surface area contributed by atoms with Gasteiger partial charge in [-0.1, -0.05) is 121 Å². The third-order valence-corrected chi connectivity index (χ3v) is 10.4. The molecule has 4 aromatic heterocycles. The first-order valence-corrected chi connectivity index (χ1v) is 18.0. The molecule has 0 aliphatic carbocycles. The molecule has 0 aliphatic heterocycles. The highest BCUT2D eigenvalue weighted by molar-refractivity contribution is 6.17. The van der Waals surface area contributed by atoms with Gasteiger partial charge in [0.1, 0.15) is 22.3 Å². The second-order valence-corrected chi connectivity index (χ2v) is 13.6. The van der Waals surface area contributed by atoms with Gasteiger partial charge in [0.25, 0.3) is 0 Å². The number of aromatic nitrogens is 3. The largest absolute Gasteiger partial charge is 0.456 e. The Balaban J connectivity index is 1.09. The van der Waals surface area contributed by atoms with E-state index in [9.17, 15) is 0 Å². The Morgan fingerprint density at radius 3 is 1.87 bits per heavy atom. The maximum absolute atomic E-state index is 6.75. The molecule has 0 bridgehead atoms. The fraction of sp³-hybridized carbons (Fsp3) is 0. The molecule has 0 N–H and O–H groups in total. The lowest BCUT2D eigenvalue weighted by Gasteiger charge is -2.12. The lowest BCUT2D eigenvalue weighted by Crippen LogP contribution is -1.96. The standard InChI is InChI=1S/C49H29N3O2/c1-2-10-31(11-3-1)42-29-43(52-49(51-42)32-20-18-30(19-21-32)34-26-27-50-41-15-7-4-12-36(34)41)38-24-23-35(47-39-14-6-9-17-45(39)54-48(38)47)33-22-25-46-40(28-33)37-13-5-8-16-44(37)53-46/h1-29H. The molecule has 0 unspecified atom stereocenters. The first kappa shape index (κ1) is 30.3. The van der Waals surface area contributed by atoms with Crippen LogP contribution < -0.4 is 0 Å². The first-order chi connectivity index (χ1) is 26.7. The first-order valence-electron chi connectivity index (χ1n) is 18.0. The van der Waals surface area contributed by atoms with Crippen molar-refractivity contribution < 1.29 is 8.83 Å². The quantitative estimate of drug-likeness (QED) is 0.180. The number of fused-ring (bicyclic) bond motifs is 7. The number of para-hydroxylation sites is 3. The Morgan fingerprint density at radius 1 is 0.370 bits per heavy atom. The summed E-state index contributed by atoms with van der Waals surface area (Å²) in [4.78, 5) is 14.9. The molecule has 0 fully saturated rings. The van der Waals surface area contributed by atoms with Crippen LogP contribution in [0.25, 0.3) is 111 Å². The summed E-state index contributed by atoms with van der Waals surface area (Å²) in [5.74, 6) is 0.642. The average molecular weight is 692 g/mol. The van der Waals surface area contributed by atoms with E-state index in [1.165, 1.54) is 0 Å². The van der Waals surface area contributed by atoms with Crippen LogP contribution in [0.1, 0.15) is 0 Å². The summed E-state index contributed by atoms with van der Waals surface area (Å²) in [5.41, 5.74) is 13.2. The van der Waals surface area contributed by atoms with Gasteiger partial charge in [-0.2, -0.15) is 0 Å². The summed E-state index contributed by atoms with van der Waals surface area (Å²) in [6.07, 6.45) is 1.87. The normalized spacial score (nSPS) is 11.7. The highest BCUT2D eigenvalue weighted by atomic mass is 16.3. The molecule has 0 aliphatic rings. The summed E-state index contributed by atoms with van der Waals surface area (Å²) in [5, 5.41) is 5.41. The van der Waals surface area contributed by atoms with E-state index in [2.05, 4.69) is 120 Å². The number of pyridine rings is 1. The molecule has 5 nitrogen and oxygen atoms in total. The van der Waals surface area contributed by atoms with Gasteiger partial charge in [-0.25, -0.2) is 9.97 Å². The number of benzene rings is 7. The third-order valence-electron chi connectivity index (χ3n) is 10.4. The van der Waals surface area contributed by atoms with Crippen LogP contribution in [0.2, 0.25) is 0 Å². The van der Waals surface area contributed by atoms with Crippen LogP contribution in [-0.2, 0) is 0 Å². The number of furan rings is 2. The topological polar surface area (TPSA) is 65.0 Å². The van der Waals surface area contributed by atoms with E-state index in [4.69, 9.17) is 18.8 Å². The highest BCUT2D eigenvalue weighted by Gasteiger charge is 2.20. The van der Waals surface area contributed by atoms with Crippen LogP contribution in [0.4, 0.5) is 0 Å². The Bertz CT molecular complexity index is 3210. The molecule has 5 heteroatoms. The predicted molar refractivity (Wildman–Crippen MR) is 219 cm³/mol. The van der Waals surface area contributed by atoms with E-state index in [0.29, 0.717) is 5.82 Å². The fourth-order valence-corrected chi connectivity index (χ4v) is 7.78. The second kappa shape index (κ2) is 12.1. The third kappa shape index (κ3) is 4.90. The highest BCUT2D eigenvalue weighted by Crippen LogP contribution is 2.43. The van der Waals surface area contributed by atoms with E-state index in [-0.39, 0.29) is 0 Å². The maximum atomic E-state index is 6.75. The van der Waals surface area contributed by atoms with Crippen molar-refractivity contribution in [2.75, 3.05) is 0 Å². The van der Waals surface area contributed by atoms with Crippen molar-refractivity contribution in [3.63, 3.8) is 0 Å². The number of hydrogen-bond acceptors (Lipinski definition) is 5. The van der Waals surface area contributed by atoms with Gasteiger partial charge in [0.05, 0.1) is 16.9 Å². The molecule has 0 spiro atoms. The zero-order valence-corrected chi connectivity index (χ0v) is 28.9. The minimum absolute atomic E-state index is 0.642. The van der Waals surface area contributed by atoms with Gasteiger partial charge in [0.2, 0.25) is 0 Å². The van der Waals surface area contributed by atoms with Crippen molar-refractivity contribution in [3.05, 3.63) is 176 Å². The van der Waals surface area contributed by atoms with Gasteiger partial charge in [-0.05, 0) is 70.8 Å². The van der Waals surface area contributed by atoms with E-state index in [1.807, 2.05) is 60.8 Å². The van der Waals surface area contributed by atoms with E-state index in [1.54, 1.807) is 0 Å². The van der Waals surface area contributed by atoms with Crippen molar-refractivity contribution in [2.45, 2.75) is 0 Å². The van der Waals surface area contributed by atoms with Crippen LogP contribution in [0, 0.1) is 0 Å². The van der Waals surface area contributed by atoms with Crippen LogP contribution in [-0.4, -0.2) is 15.0 Å². The lowest BCUT2D eigenvalue weighted by molar-refractivity contribution is 0.669. The summed E-state index contributed by atoms with van der Waals surface area (Å²) in [6.45, 7) is 0. The SMILES string of the molecule is c1ccc(-c2cc(-c3ccc(-c4ccc5oc6ccccc6c5c4)c4c3oc3ccccc34)nc(-c3ccc(-c4ccnc5ccccc45)cc3)n2)cc1. The Hall–Kier alpha value is -7.37. The minimum Gasteiger partial charge on any atom is -0.456 e. The van der Waals surface area contributed by atoms with Crippen molar-refractivity contribution >= 4 is 54.8 Å². The molecule has 0 amide bonds. The lowest BCUT2D eigenvalue weighted by atomic mass is 9.95. The second-order valence-electron chi connectivity index (χ2n) is 13.6. The van der Waals surface area contributed by atoms with Gasteiger partial charge >= 0.3 is 0 Å². The Morgan fingerprint density at radius 2 is 1.02 bits per heavy atom. The molecule has 0 radical (unpaired) electrons. The van der Waals surface area contributed by atoms with Gasteiger partial charge in [-0.15, -0.1) is 0 Å². The maximum Gasteiger partial charge on any atom is 0.160 e. The molecule has 4 heterocycles. The molecule has 0 saturated carbocycles. The van der Waals surface area contributed by atoms with Crippen LogP contribution in [0.3, 0.4) is 0 Å². The van der Waals surface area contributed by atoms with Crippen molar-refractivity contribution in [1.29, 1.82) is 0 Å². The summed E-state index contributed by atoms with van der Waals surface area (Å²) < 4.78 is 12.9. The summed E-state index contributed by atoms with van der Waals surface area (Å²) in [7, 11) is 0. The van der Waals surface area contributed by atoms with Crippen molar-refractivity contribution in [3.8, 4) is 56.2 Å². The number of nitrogens with zero attached hydrogens (tertiary/aromatic N) is 3. The van der Waals surface area contributed by atoms with Crippen molar-refractivity contribution in [2.24, 2.45) is 0 Å². The van der Waals surface area contributed by atoms with Gasteiger partial charge in [0, 0.05) is 49.8 Å². The smallest absolute Gasteiger partial charge is 0.160 e. The predicted octanol–water partition coefficient (Wildman–Crippen LogP) is 13.2. The summed E-state index contributed by atoms with van der Waals surface area (Å²) >= 11 is 0. The molecule has 0 saturated heterocycles. The Kier molecular flexibility index (Phi) is 6.79. The van der Waals surface area contributed by atoms with Crippen molar-refractivity contribution in [1.82, 2.24) is 15.0 Å². The zero-order valence-electron chi connectivity index (χ0n) is 28.9. The average Bonchev–Trinajstić information content (AvgIpc) is 3.82. The minimum atomic E-state index is 0.642. The van der Waals surface area contributed by atoms with Gasteiger partial charge in [0.15, 0.2) is 5.82 Å². The molecule has 11 rings (SSSR count). The summed E-state index contributed by atoms with van der Waals surface area (Å²) in [6, 6.07) is 58.3. The Labute approximate surface area is 309 Å². The van der Waals surface area contributed by atoms with E-state index in [0.717, 1.165) is 105 Å². The molecular formula is C49H29N3O2. The van der Waals surface area contributed by atoms with Gasteiger partial charge < -0.3 is 8.83 Å². The van der Waals surface area contributed by atoms with Gasteiger partial charge in [-0.3, -0.25) is 4.98 Å². The van der Waals surface area contributed by atoms with Crippen LogP contribution >= 0.6 is 0 Å². The van der Waals surface area contributed by atoms with Crippen LogP contribution in [0.15, 0.2) is 185 Å². The van der Waals surface area contributed by atoms with Crippen LogP contribution in [0.5, 0.6) is 0 Å². The molecule has 252 valence electrons. The molecule has 0 atom stereocenters. The monoisotopic (exact) mass is 691 g/mol. The molecular weight excluding hydrogens is 663 g/mol. The van der Waals surface area contributed by atoms with E-state index < -0.39 is 0 Å². The fourth-order valence-electron chi connectivity index (χ4n) is 7.78.